The summed E-state index contributed by atoms with van der Waals surface area (Å²) in [6.45, 7) is -0.242. The topological polar surface area (TPSA) is 72.9 Å². The van der Waals surface area contributed by atoms with E-state index in [2.05, 4.69) is 4.74 Å². The normalized spacial score (nSPS) is 19.9. The van der Waals surface area contributed by atoms with Crippen molar-refractivity contribution in [1.82, 2.24) is 4.31 Å². The molecule has 0 spiro atoms. The predicted molar refractivity (Wildman–Crippen MR) is 96.9 cm³/mol. The average molecular weight is 429 g/mol. The number of hydrogen-bond acceptors (Lipinski definition) is 5. The predicted octanol–water partition coefficient (Wildman–Crippen LogP) is 2.63. The second kappa shape index (κ2) is 8.42. The van der Waals surface area contributed by atoms with Gasteiger partial charge >= 0.3 is 5.97 Å². The van der Waals surface area contributed by atoms with Crippen LogP contribution in [0.15, 0.2) is 42.5 Å². The number of sulfonamides is 1. The number of methoxy groups -OCH3 is 1. The lowest BCUT2D eigenvalue weighted by Crippen LogP contribution is -2.41. The molecule has 0 N–H and O–H groups in total. The van der Waals surface area contributed by atoms with Gasteiger partial charge in [0.15, 0.2) is 11.6 Å². The van der Waals surface area contributed by atoms with Crippen molar-refractivity contribution in [2.45, 2.75) is 24.3 Å². The number of carbonyl (C=O) groups excluding carboxylic acids is 1. The number of carbonyl (C=O) groups is 1. The van der Waals surface area contributed by atoms with E-state index in [-0.39, 0.29) is 24.3 Å². The SMILES string of the molecule is COC(=O)C1CC(Oc2ccccc2F)CN1S(=O)(=O)Cc1cc(F)cc(F)c1. The lowest BCUT2D eigenvalue weighted by atomic mass is 10.2. The molecule has 1 saturated heterocycles. The van der Waals surface area contributed by atoms with Crippen LogP contribution in [-0.2, 0) is 25.3 Å². The Kier molecular flexibility index (Phi) is 6.13. The molecule has 0 aliphatic carbocycles. The molecule has 2 aromatic rings. The fourth-order valence-electron chi connectivity index (χ4n) is 3.22. The van der Waals surface area contributed by atoms with Crippen molar-refractivity contribution in [1.29, 1.82) is 0 Å². The molecule has 29 heavy (non-hydrogen) atoms. The average Bonchev–Trinajstić information content (AvgIpc) is 3.07. The molecule has 3 rings (SSSR count). The molecule has 10 heteroatoms. The molecule has 1 aliphatic heterocycles. The largest absolute Gasteiger partial charge is 0.486 e. The van der Waals surface area contributed by atoms with E-state index in [0.717, 1.165) is 23.5 Å². The van der Waals surface area contributed by atoms with Crippen molar-refractivity contribution in [3.63, 3.8) is 0 Å². The van der Waals surface area contributed by atoms with Crippen molar-refractivity contribution in [2.24, 2.45) is 0 Å². The number of hydrogen-bond donors (Lipinski definition) is 0. The Morgan fingerprint density at radius 3 is 2.41 bits per heavy atom. The van der Waals surface area contributed by atoms with E-state index in [1.807, 2.05) is 0 Å². The molecule has 0 amide bonds. The molecule has 0 bridgehead atoms. The molecular formula is C19H18F3NO5S. The molecule has 0 aromatic heterocycles. The van der Waals surface area contributed by atoms with E-state index in [4.69, 9.17) is 4.74 Å². The van der Waals surface area contributed by atoms with Crippen molar-refractivity contribution < 1.29 is 35.9 Å². The summed E-state index contributed by atoms with van der Waals surface area (Å²) in [7, 11) is -3.05. The summed E-state index contributed by atoms with van der Waals surface area (Å²) in [4.78, 5) is 12.1. The Hall–Kier alpha value is -2.59. The summed E-state index contributed by atoms with van der Waals surface area (Å²) in [6, 6.07) is 6.83. The van der Waals surface area contributed by atoms with Gasteiger partial charge in [-0.2, -0.15) is 4.31 Å². The van der Waals surface area contributed by atoms with Gasteiger partial charge in [-0.1, -0.05) is 12.1 Å². The minimum Gasteiger partial charge on any atom is -0.486 e. The molecule has 2 unspecified atom stereocenters. The van der Waals surface area contributed by atoms with Gasteiger partial charge in [-0.05, 0) is 29.8 Å². The van der Waals surface area contributed by atoms with E-state index in [0.29, 0.717) is 6.07 Å². The smallest absolute Gasteiger partial charge is 0.324 e. The van der Waals surface area contributed by atoms with Gasteiger partial charge in [0.05, 0.1) is 19.4 Å². The summed E-state index contributed by atoms with van der Waals surface area (Å²) in [5.74, 6) is -4.06. The van der Waals surface area contributed by atoms with Crippen LogP contribution in [0, 0.1) is 17.5 Å². The first-order valence-corrected chi connectivity index (χ1v) is 10.2. The summed E-state index contributed by atoms with van der Waals surface area (Å²) in [5, 5.41) is 0. The third-order valence-electron chi connectivity index (χ3n) is 4.45. The highest BCUT2D eigenvalue weighted by Gasteiger charge is 2.45. The molecule has 6 nitrogen and oxygen atoms in total. The highest BCUT2D eigenvalue weighted by atomic mass is 32.2. The second-order valence-electron chi connectivity index (χ2n) is 6.55. The lowest BCUT2D eigenvalue weighted by molar-refractivity contribution is -0.144. The number of halogens is 3. The lowest BCUT2D eigenvalue weighted by Gasteiger charge is -2.21. The standard InChI is InChI=1S/C19H18F3NO5S/c1-27-19(24)17-9-15(28-18-5-3-2-4-16(18)22)10-23(17)29(25,26)11-12-6-13(20)8-14(21)7-12/h2-8,15,17H,9-11H2,1H3. The Morgan fingerprint density at radius 2 is 1.79 bits per heavy atom. The maximum Gasteiger partial charge on any atom is 0.324 e. The number of nitrogens with zero attached hydrogens (tertiary/aromatic N) is 1. The fourth-order valence-corrected chi connectivity index (χ4v) is 4.93. The second-order valence-corrected chi connectivity index (χ2v) is 8.47. The van der Waals surface area contributed by atoms with Gasteiger partial charge < -0.3 is 9.47 Å². The number of rotatable bonds is 6. The summed E-state index contributed by atoms with van der Waals surface area (Å²) in [6.07, 6.45) is -0.868. The van der Waals surface area contributed by atoms with Gasteiger partial charge in [0.25, 0.3) is 0 Å². The highest BCUT2D eigenvalue weighted by molar-refractivity contribution is 7.88. The fraction of sp³-hybridized carbons (Fsp3) is 0.316. The van der Waals surface area contributed by atoms with Crippen molar-refractivity contribution >= 4 is 16.0 Å². The Bertz CT molecular complexity index is 994. The highest BCUT2D eigenvalue weighted by Crippen LogP contribution is 2.29. The molecule has 1 aliphatic rings. The van der Waals surface area contributed by atoms with E-state index in [9.17, 15) is 26.4 Å². The first-order valence-electron chi connectivity index (χ1n) is 8.63. The van der Waals surface area contributed by atoms with E-state index in [1.54, 1.807) is 6.07 Å². The summed E-state index contributed by atoms with van der Waals surface area (Å²) >= 11 is 0. The van der Waals surface area contributed by atoms with Crippen LogP contribution in [0.1, 0.15) is 12.0 Å². The van der Waals surface area contributed by atoms with Gasteiger partial charge in [-0.25, -0.2) is 21.6 Å². The maximum absolute atomic E-state index is 13.8. The third kappa shape index (κ3) is 4.88. The zero-order valence-corrected chi connectivity index (χ0v) is 16.2. The first-order chi connectivity index (χ1) is 13.7. The van der Waals surface area contributed by atoms with E-state index in [1.165, 1.54) is 18.2 Å². The van der Waals surface area contributed by atoms with E-state index < -0.39 is 51.3 Å². The van der Waals surface area contributed by atoms with E-state index >= 15 is 0 Å². The first kappa shape index (κ1) is 21.1. The molecule has 1 fully saturated rings. The minimum absolute atomic E-state index is 0.0578. The molecule has 2 aromatic carbocycles. The number of para-hydroxylation sites is 1. The van der Waals surface area contributed by atoms with Gasteiger partial charge in [-0.15, -0.1) is 0 Å². The van der Waals surface area contributed by atoms with Gasteiger partial charge in [0.1, 0.15) is 23.8 Å². The molecule has 2 atom stereocenters. The maximum atomic E-state index is 13.8. The monoisotopic (exact) mass is 429 g/mol. The Balaban J connectivity index is 1.84. The Morgan fingerprint density at radius 1 is 1.14 bits per heavy atom. The summed E-state index contributed by atoms with van der Waals surface area (Å²) in [5.41, 5.74) is -0.107. The van der Waals surface area contributed by atoms with Crippen molar-refractivity contribution in [3.8, 4) is 5.75 Å². The van der Waals surface area contributed by atoms with Crippen molar-refractivity contribution in [3.05, 3.63) is 65.5 Å². The number of benzene rings is 2. The molecular weight excluding hydrogens is 411 g/mol. The zero-order chi connectivity index (χ0) is 21.2. The molecule has 0 saturated carbocycles. The van der Waals surface area contributed by atoms with Crippen LogP contribution in [0.2, 0.25) is 0 Å². The third-order valence-corrected chi connectivity index (χ3v) is 6.27. The van der Waals surface area contributed by atoms with Crippen LogP contribution < -0.4 is 4.74 Å². The molecule has 1 heterocycles. The van der Waals surface area contributed by atoms with Gasteiger partial charge in [0.2, 0.25) is 10.0 Å². The van der Waals surface area contributed by atoms with Gasteiger partial charge in [-0.3, -0.25) is 4.79 Å². The van der Waals surface area contributed by atoms with Crippen molar-refractivity contribution in [2.75, 3.05) is 13.7 Å². The molecule has 0 radical (unpaired) electrons. The minimum atomic E-state index is -4.16. The van der Waals surface area contributed by atoms with Crippen LogP contribution in [-0.4, -0.2) is 44.5 Å². The Labute approximate surface area is 165 Å². The zero-order valence-electron chi connectivity index (χ0n) is 15.3. The van der Waals surface area contributed by atoms with Crippen LogP contribution in [0.4, 0.5) is 13.2 Å². The summed E-state index contributed by atoms with van der Waals surface area (Å²) < 4.78 is 77.5. The number of esters is 1. The van der Waals surface area contributed by atoms with Crippen LogP contribution >= 0.6 is 0 Å². The quantitative estimate of drug-likeness (QED) is 0.661. The van der Waals surface area contributed by atoms with Crippen LogP contribution in [0.25, 0.3) is 0 Å². The van der Waals surface area contributed by atoms with Gasteiger partial charge in [0, 0.05) is 12.5 Å². The van der Waals surface area contributed by atoms with Crippen LogP contribution in [0.5, 0.6) is 5.75 Å². The number of ether oxygens (including phenoxy) is 2. The van der Waals surface area contributed by atoms with Crippen LogP contribution in [0.3, 0.4) is 0 Å². The molecule has 156 valence electrons.